The number of nitrogens with zero attached hydrogens (tertiary/aromatic N) is 2. The minimum absolute atomic E-state index is 0.0884. The Morgan fingerprint density at radius 3 is 2.49 bits per heavy atom. The molecule has 4 rings (SSSR count). The average molecular weight is 552 g/mol. The third-order valence-electron chi connectivity index (χ3n) is 7.25. The van der Waals surface area contributed by atoms with E-state index < -0.39 is 10.0 Å². The van der Waals surface area contributed by atoms with Gasteiger partial charge in [0.1, 0.15) is 12.4 Å². The molecular formula is C27H35ClFN3O4S. The summed E-state index contributed by atoms with van der Waals surface area (Å²) >= 11 is 5.87. The minimum Gasteiger partial charge on any atom is -0.375 e. The van der Waals surface area contributed by atoms with Crippen molar-refractivity contribution in [3.63, 3.8) is 0 Å². The Hall–Kier alpha value is -2.20. The summed E-state index contributed by atoms with van der Waals surface area (Å²) in [4.78, 5) is 14.5. The molecule has 7 nitrogen and oxygen atoms in total. The van der Waals surface area contributed by atoms with Crippen LogP contribution in [-0.2, 0) is 26.0 Å². The van der Waals surface area contributed by atoms with Gasteiger partial charge in [0.15, 0.2) is 0 Å². The number of anilines is 1. The first kappa shape index (κ1) is 27.8. The molecule has 1 aliphatic carbocycles. The van der Waals surface area contributed by atoms with Crippen LogP contribution in [0.2, 0.25) is 5.02 Å². The number of carbonyl (C=O) groups is 1. The Kier molecular flexibility index (Phi) is 9.11. The zero-order valence-corrected chi connectivity index (χ0v) is 22.9. The lowest BCUT2D eigenvalue weighted by Gasteiger charge is -2.30. The minimum atomic E-state index is -3.62. The highest BCUT2D eigenvalue weighted by molar-refractivity contribution is 7.89. The number of ether oxygens (including phenoxy) is 1. The standard InChI is InChI=1S/C27H35ClFN3O4S/c1-31(2)27-20(4-3-5-25(27)29)16-19-6-10-22(11-7-19)30-26(33)18-36-23-14-15-32(17-23)37(34,35)24-12-8-21(28)9-13-24/h3-5,8-9,12-13,19,22-23H,6-7,10-11,14-18H2,1-2H3,(H,30,33). The lowest BCUT2D eigenvalue weighted by atomic mass is 9.82. The predicted octanol–water partition coefficient (Wildman–Crippen LogP) is 4.24. The molecule has 0 spiro atoms. The molecule has 1 heterocycles. The summed E-state index contributed by atoms with van der Waals surface area (Å²) < 4.78 is 47.1. The van der Waals surface area contributed by atoms with Crippen LogP contribution in [0.5, 0.6) is 0 Å². The van der Waals surface area contributed by atoms with E-state index >= 15 is 0 Å². The van der Waals surface area contributed by atoms with Gasteiger partial charge in [-0.2, -0.15) is 4.31 Å². The van der Waals surface area contributed by atoms with Gasteiger partial charge in [-0.05, 0) is 80.3 Å². The van der Waals surface area contributed by atoms with Crippen molar-refractivity contribution < 1.29 is 22.3 Å². The van der Waals surface area contributed by atoms with Crippen molar-refractivity contribution in [1.29, 1.82) is 0 Å². The van der Waals surface area contributed by atoms with E-state index in [1.165, 1.54) is 22.5 Å². The van der Waals surface area contributed by atoms with Gasteiger partial charge in [0, 0.05) is 38.2 Å². The number of halogens is 2. The Morgan fingerprint density at radius 1 is 1.11 bits per heavy atom. The van der Waals surface area contributed by atoms with Gasteiger partial charge in [-0.15, -0.1) is 0 Å². The number of amides is 1. The molecule has 1 saturated carbocycles. The van der Waals surface area contributed by atoms with Gasteiger partial charge < -0.3 is 15.0 Å². The van der Waals surface area contributed by atoms with Crippen LogP contribution in [0.25, 0.3) is 0 Å². The highest BCUT2D eigenvalue weighted by atomic mass is 35.5. The molecule has 0 aromatic heterocycles. The predicted molar refractivity (Wildman–Crippen MR) is 143 cm³/mol. The third kappa shape index (κ3) is 7.02. The quantitative estimate of drug-likeness (QED) is 0.504. The highest BCUT2D eigenvalue weighted by Crippen LogP contribution is 2.32. The van der Waals surface area contributed by atoms with Gasteiger partial charge in [-0.1, -0.05) is 23.7 Å². The van der Waals surface area contributed by atoms with Crippen molar-refractivity contribution in [3.8, 4) is 0 Å². The number of sulfonamides is 1. The molecule has 1 unspecified atom stereocenters. The Labute approximate surface area is 224 Å². The molecule has 1 aliphatic heterocycles. The van der Waals surface area contributed by atoms with Crippen molar-refractivity contribution in [2.75, 3.05) is 38.7 Å². The molecule has 1 saturated heterocycles. The molecule has 0 bridgehead atoms. The summed E-state index contributed by atoms with van der Waals surface area (Å²) in [6.45, 7) is 0.482. The molecule has 2 aliphatic rings. The topological polar surface area (TPSA) is 79.0 Å². The van der Waals surface area contributed by atoms with E-state index in [1.807, 2.05) is 25.1 Å². The summed E-state index contributed by atoms with van der Waals surface area (Å²) in [5.74, 6) is 0.0795. The summed E-state index contributed by atoms with van der Waals surface area (Å²) in [5.41, 5.74) is 1.68. The first-order valence-electron chi connectivity index (χ1n) is 12.7. The zero-order valence-electron chi connectivity index (χ0n) is 21.3. The Bertz CT molecular complexity index is 1180. The molecule has 1 N–H and O–H groups in total. The lowest BCUT2D eigenvalue weighted by Crippen LogP contribution is -2.40. The molecular weight excluding hydrogens is 517 g/mol. The molecule has 202 valence electrons. The molecule has 0 radical (unpaired) electrons. The highest BCUT2D eigenvalue weighted by Gasteiger charge is 2.33. The number of carbonyl (C=O) groups excluding carboxylic acids is 1. The maximum Gasteiger partial charge on any atom is 0.246 e. The van der Waals surface area contributed by atoms with Crippen LogP contribution in [0.1, 0.15) is 37.7 Å². The van der Waals surface area contributed by atoms with E-state index in [2.05, 4.69) is 5.32 Å². The monoisotopic (exact) mass is 551 g/mol. The second-order valence-corrected chi connectivity index (χ2v) is 12.5. The number of hydrogen-bond acceptors (Lipinski definition) is 5. The fourth-order valence-corrected chi connectivity index (χ4v) is 6.93. The third-order valence-corrected chi connectivity index (χ3v) is 9.38. The second kappa shape index (κ2) is 12.1. The van der Waals surface area contributed by atoms with Crippen molar-refractivity contribution in [3.05, 3.63) is 58.9 Å². The number of nitrogens with one attached hydrogen (secondary N) is 1. The summed E-state index contributed by atoms with van der Waals surface area (Å²) in [7, 11) is 0.102. The van der Waals surface area contributed by atoms with Crippen molar-refractivity contribution in [1.82, 2.24) is 9.62 Å². The van der Waals surface area contributed by atoms with Crippen LogP contribution in [-0.4, -0.2) is 64.6 Å². The van der Waals surface area contributed by atoms with Gasteiger partial charge in [0.05, 0.1) is 16.7 Å². The second-order valence-electron chi connectivity index (χ2n) is 10.2. The SMILES string of the molecule is CN(C)c1c(F)cccc1CC1CCC(NC(=O)COC2CCN(S(=O)(=O)c3ccc(Cl)cc3)C2)CC1. The van der Waals surface area contributed by atoms with Crippen molar-refractivity contribution in [2.24, 2.45) is 5.92 Å². The Balaban J connectivity index is 1.19. The van der Waals surface area contributed by atoms with E-state index in [0.717, 1.165) is 37.7 Å². The molecule has 2 fully saturated rings. The van der Waals surface area contributed by atoms with Gasteiger partial charge >= 0.3 is 0 Å². The molecule has 37 heavy (non-hydrogen) atoms. The zero-order chi connectivity index (χ0) is 26.6. The van der Waals surface area contributed by atoms with Gasteiger partial charge in [0.25, 0.3) is 0 Å². The van der Waals surface area contributed by atoms with Crippen LogP contribution >= 0.6 is 11.6 Å². The van der Waals surface area contributed by atoms with Crippen molar-refractivity contribution >= 4 is 33.2 Å². The van der Waals surface area contributed by atoms with Gasteiger partial charge in [0.2, 0.25) is 15.9 Å². The largest absolute Gasteiger partial charge is 0.375 e. The van der Waals surface area contributed by atoms with E-state index in [-0.39, 0.29) is 41.9 Å². The van der Waals surface area contributed by atoms with Crippen LogP contribution in [0.15, 0.2) is 47.4 Å². The van der Waals surface area contributed by atoms with Crippen LogP contribution < -0.4 is 10.2 Å². The first-order valence-corrected chi connectivity index (χ1v) is 14.6. The fraction of sp³-hybridized carbons (Fsp3) is 0.519. The molecule has 2 aromatic rings. The van der Waals surface area contributed by atoms with Crippen LogP contribution in [0, 0.1) is 11.7 Å². The average Bonchev–Trinajstić information content (AvgIpc) is 3.34. The number of rotatable bonds is 9. The van der Waals surface area contributed by atoms with E-state index in [0.29, 0.717) is 29.6 Å². The maximum atomic E-state index is 14.3. The number of para-hydroxylation sites is 1. The van der Waals surface area contributed by atoms with E-state index in [1.54, 1.807) is 18.2 Å². The molecule has 10 heteroatoms. The van der Waals surface area contributed by atoms with Gasteiger partial charge in [-0.25, -0.2) is 12.8 Å². The van der Waals surface area contributed by atoms with Crippen LogP contribution in [0.3, 0.4) is 0 Å². The Morgan fingerprint density at radius 2 is 1.81 bits per heavy atom. The van der Waals surface area contributed by atoms with E-state index in [9.17, 15) is 17.6 Å². The summed E-state index contributed by atoms with van der Waals surface area (Å²) in [6.07, 6.45) is 4.73. The smallest absolute Gasteiger partial charge is 0.246 e. The van der Waals surface area contributed by atoms with E-state index in [4.69, 9.17) is 16.3 Å². The molecule has 2 aromatic carbocycles. The normalized spacial score (nSPS) is 22.6. The lowest BCUT2D eigenvalue weighted by molar-refractivity contribution is -0.128. The van der Waals surface area contributed by atoms with Crippen LogP contribution in [0.4, 0.5) is 10.1 Å². The van der Waals surface area contributed by atoms with Crippen molar-refractivity contribution in [2.45, 2.75) is 55.6 Å². The fourth-order valence-electron chi connectivity index (χ4n) is 5.32. The summed E-state index contributed by atoms with van der Waals surface area (Å²) in [5, 5.41) is 3.54. The first-order chi connectivity index (χ1) is 17.6. The van der Waals surface area contributed by atoms with Gasteiger partial charge in [-0.3, -0.25) is 4.79 Å². The summed E-state index contributed by atoms with van der Waals surface area (Å²) in [6, 6.07) is 11.4. The maximum absolute atomic E-state index is 14.3. The molecule has 1 amide bonds. The molecule has 1 atom stereocenters. The number of benzene rings is 2. The number of hydrogen-bond donors (Lipinski definition) is 1.